The van der Waals surface area contributed by atoms with Crippen molar-refractivity contribution in [3.05, 3.63) is 29.8 Å². The van der Waals surface area contributed by atoms with Crippen molar-refractivity contribution in [2.75, 3.05) is 24.5 Å². The number of benzene rings is 1. The summed E-state index contributed by atoms with van der Waals surface area (Å²) in [5.41, 5.74) is 0.389. The van der Waals surface area contributed by atoms with Gasteiger partial charge in [0.1, 0.15) is 6.54 Å². The number of hydrogen-bond acceptors (Lipinski definition) is 2. The second-order valence-corrected chi connectivity index (χ2v) is 5.36. The van der Waals surface area contributed by atoms with Crippen molar-refractivity contribution in [1.82, 2.24) is 5.32 Å². The number of carbonyl (C=O) groups is 1. The molecule has 108 valence electrons. The molecule has 1 amide bonds. The van der Waals surface area contributed by atoms with Crippen LogP contribution in [0.1, 0.15) is 18.4 Å². The summed E-state index contributed by atoms with van der Waals surface area (Å²) in [5, 5.41) is 3.16. The molecule has 0 radical (unpaired) electrons. The molecule has 0 aliphatic carbocycles. The highest BCUT2D eigenvalue weighted by molar-refractivity contribution is 6.08. The van der Waals surface area contributed by atoms with Crippen molar-refractivity contribution in [2.24, 2.45) is 0 Å². The largest absolute Gasteiger partial charge is 0.406 e. The number of para-hydroxylation sites is 1. The molecule has 2 aliphatic heterocycles. The Balaban J connectivity index is 2.05. The first-order valence-electron chi connectivity index (χ1n) is 6.63. The van der Waals surface area contributed by atoms with E-state index in [-0.39, 0.29) is 0 Å². The Morgan fingerprint density at radius 2 is 1.85 bits per heavy atom. The molecule has 3 rings (SSSR count). The Kier molecular flexibility index (Phi) is 3.01. The highest BCUT2D eigenvalue weighted by Crippen LogP contribution is 2.47. The zero-order chi connectivity index (χ0) is 14.4. The lowest BCUT2D eigenvalue weighted by Crippen LogP contribution is -2.49. The Morgan fingerprint density at radius 1 is 1.20 bits per heavy atom. The van der Waals surface area contributed by atoms with Gasteiger partial charge in [0.05, 0.1) is 5.41 Å². The van der Waals surface area contributed by atoms with E-state index >= 15 is 0 Å². The predicted octanol–water partition coefficient (Wildman–Crippen LogP) is 2.22. The molecule has 0 atom stereocenters. The monoisotopic (exact) mass is 284 g/mol. The first kappa shape index (κ1) is 13.4. The number of nitrogens with one attached hydrogen (secondary N) is 1. The van der Waals surface area contributed by atoms with Gasteiger partial charge in [-0.3, -0.25) is 4.79 Å². The Hall–Kier alpha value is -1.56. The van der Waals surface area contributed by atoms with Gasteiger partial charge in [-0.1, -0.05) is 18.2 Å². The van der Waals surface area contributed by atoms with Gasteiger partial charge in [0.15, 0.2) is 0 Å². The fourth-order valence-electron chi connectivity index (χ4n) is 3.27. The van der Waals surface area contributed by atoms with E-state index in [1.807, 2.05) is 0 Å². The minimum atomic E-state index is -4.39. The van der Waals surface area contributed by atoms with Gasteiger partial charge in [0.2, 0.25) is 5.91 Å². The summed E-state index contributed by atoms with van der Waals surface area (Å²) < 4.78 is 38.2. The van der Waals surface area contributed by atoms with Crippen LogP contribution in [-0.4, -0.2) is 31.7 Å². The van der Waals surface area contributed by atoms with Gasteiger partial charge in [-0.25, -0.2) is 0 Å². The number of halogens is 3. The van der Waals surface area contributed by atoms with Crippen LogP contribution in [0.4, 0.5) is 18.9 Å². The quantitative estimate of drug-likeness (QED) is 0.857. The van der Waals surface area contributed by atoms with Gasteiger partial charge in [-0.15, -0.1) is 0 Å². The van der Waals surface area contributed by atoms with Crippen LogP contribution in [0.15, 0.2) is 24.3 Å². The molecule has 0 unspecified atom stereocenters. The van der Waals surface area contributed by atoms with Gasteiger partial charge >= 0.3 is 6.18 Å². The Bertz CT molecular complexity index is 535. The van der Waals surface area contributed by atoms with Crippen LogP contribution >= 0.6 is 0 Å². The number of nitrogens with zero attached hydrogens (tertiary/aromatic N) is 1. The fraction of sp³-hybridized carbons (Fsp3) is 0.500. The van der Waals surface area contributed by atoms with Crippen molar-refractivity contribution in [3.8, 4) is 0 Å². The van der Waals surface area contributed by atoms with Crippen molar-refractivity contribution in [2.45, 2.75) is 24.4 Å². The fourth-order valence-corrected chi connectivity index (χ4v) is 3.27. The van der Waals surface area contributed by atoms with Crippen molar-refractivity contribution in [1.29, 1.82) is 0 Å². The van der Waals surface area contributed by atoms with Gasteiger partial charge in [0.25, 0.3) is 0 Å². The second kappa shape index (κ2) is 4.48. The SMILES string of the molecule is O=C1N(CC(F)(F)F)c2ccccc2C12CCNCC2. The average Bonchev–Trinajstić information content (AvgIpc) is 2.62. The maximum atomic E-state index is 12.7. The number of fused-ring (bicyclic) bond motifs is 2. The number of alkyl halides is 3. The van der Waals surface area contributed by atoms with E-state index in [9.17, 15) is 18.0 Å². The number of piperidine rings is 1. The third-order valence-corrected chi connectivity index (χ3v) is 4.16. The molecule has 1 N–H and O–H groups in total. The summed E-state index contributed by atoms with van der Waals surface area (Å²) in [7, 11) is 0. The summed E-state index contributed by atoms with van der Waals surface area (Å²) in [4.78, 5) is 13.5. The molecule has 0 aromatic heterocycles. The van der Waals surface area contributed by atoms with Crippen LogP contribution < -0.4 is 10.2 Å². The highest BCUT2D eigenvalue weighted by Gasteiger charge is 2.52. The maximum absolute atomic E-state index is 12.7. The molecule has 3 nitrogen and oxygen atoms in total. The molecule has 1 fully saturated rings. The van der Waals surface area contributed by atoms with Crippen molar-refractivity contribution in [3.63, 3.8) is 0 Å². The Morgan fingerprint density at radius 3 is 2.50 bits per heavy atom. The molecule has 1 aromatic rings. The minimum Gasteiger partial charge on any atom is -0.317 e. The maximum Gasteiger partial charge on any atom is 0.406 e. The molecule has 1 spiro atoms. The lowest BCUT2D eigenvalue weighted by Gasteiger charge is -2.33. The van der Waals surface area contributed by atoms with Crippen LogP contribution in [0.3, 0.4) is 0 Å². The summed E-state index contributed by atoms with van der Waals surface area (Å²) in [5.74, 6) is -0.405. The molecule has 1 saturated heterocycles. The van der Waals surface area contributed by atoms with E-state index < -0.39 is 24.0 Å². The zero-order valence-corrected chi connectivity index (χ0v) is 10.8. The first-order valence-corrected chi connectivity index (χ1v) is 6.63. The number of hydrogen-bond donors (Lipinski definition) is 1. The molecule has 0 saturated carbocycles. The van der Waals surface area contributed by atoms with Crippen LogP contribution in [-0.2, 0) is 10.2 Å². The average molecular weight is 284 g/mol. The first-order chi connectivity index (χ1) is 9.44. The second-order valence-electron chi connectivity index (χ2n) is 5.36. The molecule has 1 aromatic carbocycles. The smallest absolute Gasteiger partial charge is 0.317 e. The summed E-state index contributed by atoms with van der Waals surface area (Å²) in [6.45, 7) is 0.0951. The molecular weight excluding hydrogens is 269 g/mol. The van der Waals surface area contributed by atoms with Gasteiger partial charge in [-0.2, -0.15) is 13.2 Å². The van der Waals surface area contributed by atoms with Gasteiger partial charge < -0.3 is 10.2 Å². The number of rotatable bonds is 1. The number of amides is 1. The number of anilines is 1. The summed E-state index contributed by atoms with van der Waals surface area (Å²) >= 11 is 0. The lowest BCUT2D eigenvalue weighted by molar-refractivity contribution is -0.135. The lowest BCUT2D eigenvalue weighted by atomic mass is 9.74. The molecule has 6 heteroatoms. The van der Waals surface area contributed by atoms with E-state index in [0.717, 1.165) is 10.5 Å². The van der Waals surface area contributed by atoms with E-state index in [0.29, 0.717) is 31.6 Å². The van der Waals surface area contributed by atoms with E-state index in [4.69, 9.17) is 0 Å². The normalized spacial score (nSPS) is 21.4. The van der Waals surface area contributed by atoms with Crippen LogP contribution in [0.25, 0.3) is 0 Å². The summed E-state index contributed by atoms with van der Waals surface area (Å²) in [6, 6.07) is 6.85. The number of carbonyl (C=O) groups excluding carboxylic acids is 1. The topological polar surface area (TPSA) is 32.3 Å². The molecule has 0 bridgehead atoms. The third-order valence-electron chi connectivity index (χ3n) is 4.16. The minimum absolute atomic E-state index is 0.405. The zero-order valence-electron chi connectivity index (χ0n) is 10.8. The molecule has 2 heterocycles. The van der Waals surface area contributed by atoms with Gasteiger partial charge in [0, 0.05) is 5.69 Å². The highest BCUT2D eigenvalue weighted by atomic mass is 19.4. The van der Waals surface area contributed by atoms with Crippen LogP contribution in [0.2, 0.25) is 0 Å². The van der Waals surface area contributed by atoms with E-state index in [2.05, 4.69) is 5.32 Å². The van der Waals surface area contributed by atoms with Gasteiger partial charge in [-0.05, 0) is 37.6 Å². The standard InChI is InChI=1S/C14H15F3N2O/c15-14(16,17)9-19-11-4-2-1-3-10(11)13(12(19)20)5-7-18-8-6-13/h1-4,18H,5-9H2. The molecular formula is C14H15F3N2O. The van der Waals surface area contributed by atoms with Crippen molar-refractivity contribution < 1.29 is 18.0 Å². The van der Waals surface area contributed by atoms with E-state index in [1.54, 1.807) is 24.3 Å². The van der Waals surface area contributed by atoms with Crippen LogP contribution in [0.5, 0.6) is 0 Å². The van der Waals surface area contributed by atoms with E-state index in [1.165, 1.54) is 0 Å². The predicted molar refractivity (Wildman–Crippen MR) is 68.6 cm³/mol. The summed E-state index contributed by atoms with van der Waals surface area (Å²) in [6.07, 6.45) is -3.28. The van der Waals surface area contributed by atoms with Crippen LogP contribution in [0, 0.1) is 0 Å². The molecule has 20 heavy (non-hydrogen) atoms. The third kappa shape index (κ3) is 1.98. The van der Waals surface area contributed by atoms with Crippen molar-refractivity contribution >= 4 is 11.6 Å². The Labute approximate surface area is 114 Å². The molecule has 2 aliphatic rings.